The summed E-state index contributed by atoms with van der Waals surface area (Å²) in [5, 5.41) is 10.6. The highest BCUT2D eigenvalue weighted by molar-refractivity contribution is 7.09. The Bertz CT molecular complexity index is 578. The van der Waals surface area contributed by atoms with Crippen LogP contribution < -0.4 is 5.73 Å². The van der Waals surface area contributed by atoms with Crippen LogP contribution in [-0.4, -0.2) is 27.8 Å². The molecule has 6 heteroatoms. The van der Waals surface area contributed by atoms with Gasteiger partial charge in [0, 0.05) is 24.7 Å². The Morgan fingerprint density at radius 2 is 2.26 bits per heavy atom. The molecule has 0 unspecified atom stereocenters. The average Bonchev–Trinajstić information content (AvgIpc) is 2.74. The Kier molecular flexibility index (Phi) is 4.24. The summed E-state index contributed by atoms with van der Waals surface area (Å²) in [6.07, 6.45) is 1.69. The molecule has 2 aromatic heterocycles. The molecule has 0 saturated heterocycles. The van der Waals surface area contributed by atoms with Gasteiger partial charge in [-0.15, -0.1) is 11.3 Å². The number of aromatic nitrogens is 2. The van der Waals surface area contributed by atoms with E-state index in [4.69, 9.17) is 11.1 Å². The quantitative estimate of drug-likeness (QED) is 0.644. The molecule has 0 spiro atoms. The van der Waals surface area contributed by atoms with Gasteiger partial charge in [-0.25, -0.2) is 4.98 Å². The molecule has 2 heterocycles. The fourth-order valence-corrected chi connectivity index (χ4v) is 2.45. The molecule has 0 aliphatic carbocycles. The topological polar surface area (TPSA) is 78.9 Å². The molecule has 0 aliphatic heterocycles. The Balaban J connectivity index is 2.00. The number of pyridine rings is 1. The molecule has 100 valence electrons. The van der Waals surface area contributed by atoms with Crippen molar-refractivity contribution in [1.82, 2.24) is 14.9 Å². The van der Waals surface area contributed by atoms with E-state index in [1.165, 1.54) is 0 Å². The largest absolute Gasteiger partial charge is 0.382 e. The van der Waals surface area contributed by atoms with E-state index in [2.05, 4.69) is 20.2 Å². The minimum absolute atomic E-state index is 0.000343. The van der Waals surface area contributed by atoms with Crippen molar-refractivity contribution in [3.8, 4) is 0 Å². The standard InChI is InChI=1S/C13H17N5S/c1-9-17-11(8-19-9)7-18(2)6-10-3-4-16-12(5-10)13(14)15/h3-5,8H,6-7H2,1-2H3,(H3,14,15). The minimum Gasteiger partial charge on any atom is -0.382 e. The van der Waals surface area contributed by atoms with Crippen molar-refractivity contribution in [2.24, 2.45) is 5.73 Å². The lowest BCUT2D eigenvalue weighted by Crippen LogP contribution is -2.19. The number of amidine groups is 1. The first-order valence-electron chi connectivity index (χ1n) is 5.93. The van der Waals surface area contributed by atoms with Gasteiger partial charge in [-0.1, -0.05) is 0 Å². The highest BCUT2D eigenvalue weighted by Crippen LogP contribution is 2.12. The number of thiazole rings is 1. The van der Waals surface area contributed by atoms with Crippen LogP contribution in [0.2, 0.25) is 0 Å². The number of hydrogen-bond acceptors (Lipinski definition) is 5. The van der Waals surface area contributed by atoms with Gasteiger partial charge in [-0.2, -0.15) is 0 Å². The smallest absolute Gasteiger partial charge is 0.141 e. The molecule has 5 nitrogen and oxygen atoms in total. The van der Waals surface area contributed by atoms with E-state index in [1.807, 2.05) is 26.1 Å². The van der Waals surface area contributed by atoms with Crippen molar-refractivity contribution < 1.29 is 0 Å². The number of aryl methyl sites for hydroxylation is 1. The number of nitrogens with zero attached hydrogens (tertiary/aromatic N) is 3. The molecule has 0 aliphatic rings. The van der Waals surface area contributed by atoms with Crippen molar-refractivity contribution in [3.05, 3.63) is 45.7 Å². The van der Waals surface area contributed by atoms with Crippen LogP contribution in [0, 0.1) is 12.3 Å². The summed E-state index contributed by atoms with van der Waals surface area (Å²) in [4.78, 5) is 10.7. The van der Waals surface area contributed by atoms with Gasteiger partial charge in [0.15, 0.2) is 0 Å². The maximum Gasteiger partial charge on any atom is 0.141 e. The van der Waals surface area contributed by atoms with E-state index in [9.17, 15) is 0 Å². The van der Waals surface area contributed by atoms with Crippen molar-refractivity contribution in [2.45, 2.75) is 20.0 Å². The summed E-state index contributed by atoms with van der Waals surface area (Å²) in [6.45, 7) is 3.59. The summed E-state index contributed by atoms with van der Waals surface area (Å²) in [5.74, 6) is -0.000343. The van der Waals surface area contributed by atoms with E-state index in [0.717, 1.165) is 29.4 Å². The highest BCUT2D eigenvalue weighted by Gasteiger charge is 2.06. The van der Waals surface area contributed by atoms with E-state index in [1.54, 1.807) is 17.5 Å². The molecular weight excluding hydrogens is 258 g/mol. The number of nitrogens with two attached hydrogens (primary N) is 1. The minimum atomic E-state index is -0.000343. The summed E-state index contributed by atoms with van der Waals surface area (Å²) < 4.78 is 0. The van der Waals surface area contributed by atoms with Gasteiger partial charge in [0.25, 0.3) is 0 Å². The third-order valence-electron chi connectivity index (χ3n) is 2.65. The predicted molar refractivity (Wildman–Crippen MR) is 77.3 cm³/mol. The zero-order chi connectivity index (χ0) is 13.8. The van der Waals surface area contributed by atoms with Crippen molar-refractivity contribution in [1.29, 1.82) is 5.41 Å². The van der Waals surface area contributed by atoms with Crippen LogP contribution in [0.25, 0.3) is 0 Å². The number of nitrogens with one attached hydrogen (secondary N) is 1. The summed E-state index contributed by atoms with van der Waals surface area (Å²) in [5.41, 5.74) is 8.14. The third kappa shape index (κ3) is 3.84. The molecule has 0 saturated carbocycles. The molecule has 19 heavy (non-hydrogen) atoms. The van der Waals surface area contributed by atoms with Gasteiger partial charge < -0.3 is 5.73 Å². The highest BCUT2D eigenvalue weighted by atomic mass is 32.1. The van der Waals surface area contributed by atoms with Gasteiger partial charge in [-0.3, -0.25) is 15.3 Å². The second-order valence-corrected chi connectivity index (χ2v) is 5.56. The molecule has 0 bridgehead atoms. The molecule has 0 amide bonds. The first-order valence-corrected chi connectivity index (χ1v) is 6.81. The molecule has 0 radical (unpaired) electrons. The average molecular weight is 275 g/mol. The van der Waals surface area contributed by atoms with Crippen LogP contribution in [-0.2, 0) is 13.1 Å². The lowest BCUT2D eigenvalue weighted by molar-refractivity contribution is 0.315. The Morgan fingerprint density at radius 3 is 2.89 bits per heavy atom. The summed E-state index contributed by atoms with van der Waals surface area (Å²) in [7, 11) is 2.04. The van der Waals surface area contributed by atoms with E-state index >= 15 is 0 Å². The van der Waals surface area contributed by atoms with E-state index in [0.29, 0.717) is 5.69 Å². The first-order chi connectivity index (χ1) is 9.04. The van der Waals surface area contributed by atoms with Gasteiger partial charge in [-0.05, 0) is 31.7 Å². The van der Waals surface area contributed by atoms with E-state index in [-0.39, 0.29) is 5.84 Å². The molecule has 0 fully saturated rings. The van der Waals surface area contributed by atoms with Gasteiger partial charge >= 0.3 is 0 Å². The van der Waals surface area contributed by atoms with Crippen LogP contribution in [0.1, 0.15) is 22.0 Å². The number of nitrogen functional groups attached to an aromatic ring is 1. The lowest BCUT2D eigenvalue weighted by atomic mass is 10.2. The van der Waals surface area contributed by atoms with Crippen molar-refractivity contribution in [2.75, 3.05) is 7.05 Å². The summed E-state index contributed by atoms with van der Waals surface area (Å²) in [6, 6.07) is 3.79. The van der Waals surface area contributed by atoms with Crippen molar-refractivity contribution in [3.63, 3.8) is 0 Å². The van der Waals surface area contributed by atoms with Gasteiger partial charge in [0.1, 0.15) is 11.5 Å². The third-order valence-corrected chi connectivity index (χ3v) is 3.47. The van der Waals surface area contributed by atoms with Crippen molar-refractivity contribution >= 4 is 17.2 Å². The molecule has 0 atom stereocenters. The van der Waals surface area contributed by atoms with Crippen LogP contribution in [0.4, 0.5) is 0 Å². The zero-order valence-electron chi connectivity index (χ0n) is 11.1. The van der Waals surface area contributed by atoms with Gasteiger partial charge in [0.05, 0.1) is 10.7 Å². The Labute approximate surface area is 116 Å². The van der Waals surface area contributed by atoms with E-state index < -0.39 is 0 Å². The Morgan fingerprint density at radius 1 is 1.47 bits per heavy atom. The molecule has 3 N–H and O–H groups in total. The van der Waals surface area contributed by atoms with Crippen LogP contribution >= 0.6 is 11.3 Å². The SMILES string of the molecule is Cc1nc(CN(C)Cc2ccnc(C(=N)N)c2)cs1. The normalized spacial score (nSPS) is 10.9. The maximum atomic E-state index is 7.39. The first kappa shape index (κ1) is 13.6. The molecule has 2 rings (SSSR count). The molecular formula is C13H17N5S. The number of rotatable bonds is 5. The zero-order valence-corrected chi connectivity index (χ0v) is 11.9. The monoisotopic (exact) mass is 275 g/mol. The second-order valence-electron chi connectivity index (χ2n) is 4.49. The predicted octanol–water partition coefficient (Wildman–Crippen LogP) is 1.76. The maximum absolute atomic E-state index is 7.39. The number of hydrogen-bond donors (Lipinski definition) is 2. The fraction of sp³-hybridized carbons (Fsp3) is 0.308. The van der Waals surface area contributed by atoms with Crippen LogP contribution in [0.15, 0.2) is 23.7 Å². The second kappa shape index (κ2) is 5.90. The summed E-state index contributed by atoms with van der Waals surface area (Å²) >= 11 is 1.67. The van der Waals surface area contributed by atoms with Crippen LogP contribution in [0.3, 0.4) is 0 Å². The molecule has 2 aromatic rings. The Hall–Kier alpha value is -1.79. The molecule has 0 aromatic carbocycles. The fourth-order valence-electron chi connectivity index (χ4n) is 1.84. The van der Waals surface area contributed by atoms with Gasteiger partial charge in [0.2, 0.25) is 0 Å². The van der Waals surface area contributed by atoms with Crippen LogP contribution in [0.5, 0.6) is 0 Å². The lowest BCUT2D eigenvalue weighted by Gasteiger charge is -2.15.